The molecule has 4 rings (SSSR count). The molecule has 0 aliphatic carbocycles. The number of nitrogens with one attached hydrogen (secondary N) is 1. The topological polar surface area (TPSA) is 74.8 Å². The number of nitrogens with zero attached hydrogens (tertiary/aromatic N) is 3. The van der Waals surface area contributed by atoms with E-state index >= 15 is 0 Å². The number of carbonyl (C=O) groups is 2. The summed E-state index contributed by atoms with van der Waals surface area (Å²) in [4.78, 5) is 35.3. The van der Waals surface area contributed by atoms with E-state index in [2.05, 4.69) is 10.3 Å². The van der Waals surface area contributed by atoms with Gasteiger partial charge in [0.25, 0.3) is 5.91 Å². The summed E-state index contributed by atoms with van der Waals surface area (Å²) in [6.45, 7) is 2.04. The van der Waals surface area contributed by atoms with Gasteiger partial charge in [0.1, 0.15) is 5.75 Å². The molecule has 2 heterocycles. The number of methoxy groups -OCH3 is 1. The third-order valence-electron chi connectivity index (χ3n) is 6.20. The number of halogens is 1. The first kappa shape index (κ1) is 23.7. The van der Waals surface area contributed by atoms with Crippen molar-refractivity contribution in [3.05, 3.63) is 88.7 Å². The Bertz CT molecular complexity index is 1220. The average molecular weight is 479 g/mol. The van der Waals surface area contributed by atoms with Gasteiger partial charge in [0.15, 0.2) is 5.54 Å². The Morgan fingerprint density at radius 1 is 1.12 bits per heavy atom. The Kier molecular flexibility index (Phi) is 6.59. The molecule has 7 nitrogen and oxygen atoms in total. The number of hydrogen-bond acceptors (Lipinski definition) is 5. The third-order valence-corrected chi connectivity index (χ3v) is 6.44. The monoisotopic (exact) mass is 478 g/mol. The number of likely N-dealkylation sites (N-methyl/N-ethyl adjacent to an activating group) is 1. The Labute approximate surface area is 204 Å². The van der Waals surface area contributed by atoms with Crippen LogP contribution in [0.4, 0.5) is 5.69 Å². The lowest BCUT2D eigenvalue weighted by Crippen LogP contribution is -2.58. The van der Waals surface area contributed by atoms with Gasteiger partial charge in [-0.2, -0.15) is 0 Å². The number of para-hydroxylation sites is 1. The van der Waals surface area contributed by atoms with Crippen molar-refractivity contribution in [3.63, 3.8) is 0 Å². The summed E-state index contributed by atoms with van der Waals surface area (Å²) in [7, 11) is 4.97. The van der Waals surface area contributed by atoms with Crippen LogP contribution in [0.15, 0.2) is 66.9 Å². The van der Waals surface area contributed by atoms with Crippen LogP contribution >= 0.6 is 11.6 Å². The van der Waals surface area contributed by atoms with E-state index in [4.69, 9.17) is 16.3 Å². The van der Waals surface area contributed by atoms with Gasteiger partial charge in [-0.3, -0.25) is 19.5 Å². The van der Waals surface area contributed by atoms with Gasteiger partial charge >= 0.3 is 0 Å². The van der Waals surface area contributed by atoms with Gasteiger partial charge in [0, 0.05) is 48.7 Å². The van der Waals surface area contributed by atoms with Gasteiger partial charge in [0.05, 0.1) is 18.8 Å². The fourth-order valence-electron chi connectivity index (χ4n) is 4.63. The molecule has 34 heavy (non-hydrogen) atoms. The standard InChI is InChI=1S/C26H27ClN4O3/c1-17(24(32)30(2)3)31(16-19-9-7-8-14-28-19)26(20-10-5-6-11-23(20)34-4)21-15-18(27)12-13-22(21)29-25(26)33/h5-15,17H,16H2,1-4H3,(H,29,33)/t17-,26?/m0/s1. The van der Waals surface area contributed by atoms with Crippen LogP contribution in [0.25, 0.3) is 0 Å². The predicted octanol–water partition coefficient (Wildman–Crippen LogP) is 3.92. The third kappa shape index (κ3) is 3.91. The van der Waals surface area contributed by atoms with Gasteiger partial charge in [-0.25, -0.2) is 0 Å². The minimum absolute atomic E-state index is 0.145. The summed E-state index contributed by atoms with van der Waals surface area (Å²) in [6.07, 6.45) is 1.70. The van der Waals surface area contributed by atoms with E-state index in [0.29, 0.717) is 27.6 Å². The van der Waals surface area contributed by atoms with Crippen LogP contribution in [0.1, 0.15) is 23.7 Å². The van der Waals surface area contributed by atoms with Gasteiger partial charge < -0.3 is 15.0 Å². The molecule has 0 fully saturated rings. The molecule has 1 N–H and O–H groups in total. The van der Waals surface area contributed by atoms with Crippen molar-refractivity contribution in [2.24, 2.45) is 0 Å². The number of benzene rings is 2. The first-order valence-electron chi connectivity index (χ1n) is 10.9. The minimum atomic E-state index is -1.39. The summed E-state index contributed by atoms with van der Waals surface area (Å²) in [5.41, 5.74) is 1.23. The SMILES string of the molecule is COc1ccccc1C1(N(Cc2ccccn2)[C@@H](C)C(=O)N(C)C)C(=O)Nc2ccc(Cl)cc21. The van der Waals surface area contributed by atoms with E-state index in [-0.39, 0.29) is 18.4 Å². The summed E-state index contributed by atoms with van der Waals surface area (Å²) in [5.74, 6) is 0.0954. The molecule has 0 saturated carbocycles. The number of anilines is 1. The van der Waals surface area contributed by atoms with Gasteiger partial charge in [-0.05, 0) is 43.3 Å². The van der Waals surface area contributed by atoms with E-state index in [1.807, 2.05) is 47.4 Å². The first-order valence-corrected chi connectivity index (χ1v) is 11.3. The number of amides is 2. The van der Waals surface area contributed by atoms with Crippen molar-refractivity contribution < 1.29 is 14.3 Å². The van der Waals surface area contributed by atoms with E-state index in [9.17, 15) is 9.59 Å². The molecule has 2 aromatic carbocycles. The molecule has 176 valence electrons. The van der Waals surface area contributed by atoms with Crippen molar-refractivity contribution in [3.8, 4) is 5.75 Å². The fourth-order valence-corrected chi connectivity index (χ4v) is 4.80. The van der Waals surface area contributed by atoms with Crippen molar-refractivity contribution >= 4 is 29.1 Å². The van der Waals surface area contributed by atoms with Gasteiger partial charge in [0.2, 0.25) is 5.91 Å². The lowest BCUT2D eigenvalue weighted by atomic mass is 9.80. The largest absolute Gasteiger partial charge is 0.496 e. The fraction of sp³-hybridized carbons (Fsp3) is 0.269. The zero-order chi connectivity index (χ0) is 24.5. The Morgan fingerprint density at radius 3 is 2.53 bits per heavy atom. The lowest BCUT2D eigenvalue weighted by molar-refractivity contribution is -0.140. The van der Waals surface area contributed by atoms with Crippen molar-refractivity contribution in [2.75, 3.05) is 26.5 Å². The maximum Gasteiger partial charge on any atom is 0.254 e. The summed E-state index contributed by atoms with van der Waals surface area (Å²) < 4.78 is 5.71. The van der Waals surface area contributed by atoms with E-state index in [1.165, 1.54) is 4.90 Å². The molecule has 8 heteroatoms. The zero-order valence-electron chi connectivity index (χ0n) is 19.6. The van der Waals surface area contributed by atoms with Gasteiger partial charge in [-0.15, -0.1) is 0 Å². The molecule has 0 spiro atoms. The maximum absolute atomic E-state index is 14.1. The smallest absolute Gasteiger partial charge is 0.254 e. The molecular weight excluding hydrogens is 452 g/mol. The second-order valence-electron chi connectivity index (χ2n) is 8.41. The van der Waals surface area contributed by atoms with E-state index < -0.39 is 11.6 Å². The summed E-state index contributed by atoms with van der Waals surface area (Å²) in [5, 5.41) is 3.50. The highest BCUT2D eigenvalue weighted by atomic mass is 35.5. The highest BCUT2D eigenvalue weighted by molar-refractivity contribution is 6.31. The quantitative estimate of drug-likeness (QED) is 0.557. The molecule has 1 unspecified atom stereocenters. The number of hydrogen-bond donors (Lipinski definition) is 1. The molecule has 0 saturated heterocycles. The number of pyridine rings is 1. The molecule has 0 radical (unpaired) electrons. The number of aromatic nitrogens is 1. The molecule has 2 atom stereocenters. The molecule has 1 aromatic heterocycles. The van der Waals surface area contributed by atoms with E-state index in [0.717, 1.165) is 5.69 Å². The normalized spacial score (nSPS) is 17.8. The first-order chi connectivity index (χ1) is 16.3. The van der Waals surface area contributed by atoms with Crippen molar-refractivity contribution in [1.29, 1.82) is 0 Å². The zero-order valence-corrected chi connectivity index (χ0v) is 20.3. The molecule has 0 bridgehead atoms. The maximum atomic E-state index is 14.1. The van der Waals surface area contributed by atoms with Crippen LogP contribution in [0, 0.1) is 0 Å². The van der Waals surface area contributed by atoms with Crippen LogP contribution in [0.5, 0.6) is 5.75 Å². The number of fused-ring (bicyclic) bond motifs is 1. The Hall–Kier alpha value is -3.42. The van der Waals surface area contributed by atoms with Gasteiger partial charge in [-0.1, -0.05) is 35.9 Å². The number of carbonyl (C=O) groups excluding carboxylic acids is 2. The molecule has 3 aromatic rings. The van der Waals surface area contributed by atoms with Crippen LogP contribution in [-0.4, -0.2) is 53.8 Å². The molecular formula is C26H27ClN4O3. The minimum Gasteiger partial charge on any atom is -0.496 e. The average Bonchev–Trinajstić information content (AvgIpc) is 3.13. The Balaban J connectivity index is 2.06. The number of rotatable bonds is 7. The Morgan fingerprint density at radius 2 is 1.85 bits per heavy atom. The second kappa shape index (κ2) is 9.44. The molecule has 2 amide bonds. The van der Waals surface area contributed by atoms with Crippen molar-refractivity contribution in [2.45, 2.75) is 25.0 Å². The highest BCUT2D eigenvalue weighted by Crippen LogP contribution is 2.50. The van der Waals surface area contributed by atoms with E-state index in [1.54, 1.807) is 52.5 Å². The van der Waals surface area contributed by atoms with Crippen LogP contribution in [-0.2, 0) is 21.7 Å². The van der Waals surface area contributed by atoms with Crippen LogP contribution < -0.4 is 10.1 Å². The summed E-state index contributed by atoms with van der Waals surface area (Å²) >= 11 is 6.44. The predicted molar refractivity (Wildman–Crippen MR) is 132 cm³/mol. The van der Waals surface area contributed by atoms with Crippen LogP contribution in [0.3, 0.4) is 0 Å². The number of ether oxygens (including phenoxy) is 1. The molecule has 1 aliphatic heterocycles. The second-order valence-corrected chi connectivity index (χ2v) is 8.85. The summed E-state index contributed by atoms with van der Waals surface area (Å²) in [6, 6.07) is 17.6. The highest BCUT2D eigenvalue weighted by Gasteiger charge is 2.56. The van der Waals surface area contributed by atoms with Crippen molar-refractivity contribution in [1.82, 2.24) is 14.8 Å². The lowest BCUT2D eigenvalue weighted by Gasteiger charge is -2.43. The molecule has 1 aliphatic rings. The van der Waals surface area contributed by atoms with Crippen LogP contribution in [0.2, 0.25) is 5.02 Å².